The predicted octanol–water partition coefficient (Wildman–Crippen LogP) is 2.72. The largest absolute Gasteiger partial charge is 0.392 e. The maximum atomic E-state index is 9.38. The van der Waals surface area contributed by atoms with Crippen molar-refractivity contribution in [1.82, 2.24) is 0 Å². The molecule has 0 amide bonds. The molecule has 70 valence electrons. The van der Waals surface area contributed by atoms with Crippen LogP contribution in [0.4, 0.5) is 0 Å². The average molecular weight is 233 g/mol. The van der Waals surface area contributed by atoms with E-state index in [0.29, 0.717) is 11.8 Å². The Labute approximate surface area is 83.7 Å². The van der Waals surface area contributed by atoms with Gasteiger partial charge in [0.05, 0.1) is 11.4 Å². The standard InChI is InChI=1S/C10H17BrO/c1-2-3-4-7-10(12)8-5-6-9-11/h10,12H,2-4,7-9H2,1H3. The van der Waals surface area contributed by atoms with Gasteiger partial charge in [0.2, 0.25) is 0 Å². The van der Waals surface area contributed by atoms with Crippen molar-refractivity contribution in [1.29, 1.82) is 0 Å². The van der Waals surface area contributed by atoms with Crippen molar-refractivity contribution in [3.8, 4) is 11.8 Å². The van der Waals surface area contributed by atoms with E-state index in [0.717, 1.165) is 12.8 Å². The number of hydrogen-bond acceptors (Lipinski definition) is 1. The van der Waals surface area contributed by atoms with Crippen LogP contribution in [0.2, 0.25) is 0 Å². The normalized spacial score (nSPS) is 11.9. The fourth-order valence-electron chi connectivity index (χ4n) is 0.969. The smallest absolute Gasteiger partial charge is 0.0649 e. The first-order valence-corrected chi connectivity index (χ1v) is 5.63. The van der Waals surface area contributed by atoms with Crippen LogP contribution < -0.4 is 0 Å². The summed E-state index contributed by atoms with van der Waals surface area (Å²) < 4.78 is 0. The quantitative estimate of drug-likeness (QED) is 0.439. The lowest BCUT2D eigenvalue weighted by Crippen LogP contribution is -2.04. The second-order valence-electron chi connectivity index (χ2n) is 2.84. The van der Waals surface area contributed by atoms with Gasteiger partial charge in [0.1, 0.15) is 0 Å². The molecular weight excluding hydrogens is 216 g/mol. The lowest BCUT2D eigenvalue weighted by Gasteiger charge is -2.04. The number of halogens is 1. The highest BCUT2D eigenvalue weighted by Crippen LogP contribution is 2.05. The third-order valence-electron chi connectivity index (χ3n) is 1.67. The van der Waals surface area contributed by atoms with Gasteiger partial charge in [-0.15, -0.1) is 0 Å². The number of rotatable bonds is 5. The maximum Gasteiger partial charge on any atom is 0.0649 e. The van der Waals surface area contributed by atoms with E-state index in [-0.39, 0.29) is 6.10 Å². The van der Waals surface area contributed by atoms with Gasteiger partial charge in [-0.3, -0.25) is 0 Å². The van der Waals surface area contributed by atoms with Crippen LogP contribution in [0.1, 0.15) is 39.0 Å². The Kier molecular flexibility index (Phi) is 9.09. The number of unbranched alkanes of at least 4 members (excludes halogenated alkanes) is 2. The molecule has 0 saturated carbocycles. The first kappa shape index (κ1) is 12.0. The molecule has 1 atom stereocenters. The molecule has 0 rings (SSSR count). The number of aliphatic hydroxyl groups excluding tert-OH is 1. The van der Waals surface area contributed by atoms with Crippen molar-refractivity contribution in [3.05, 3.63) is 0 Å². The molecule has 0 radical (unpaired) electrons. The van der Waals surface area contributed by atoms with E-state index in [1.54, 1.807) is 0 Å². The van der Waals surface area contributed by atoms with Gasteiger partial charge in [0.25, 0.3) is 0 Å². The fraction of sp³-hybridized carbons (Fsp3) is 0.800. The highest BCUT2D eigenvalue weighted by molar-refractivity contribution is 9.09. The van der Waals surface area contributed by atoms with Gasteiger partial charge in [-0.1, -0.05) is 54.0 Å². The molecule has 0 spiro atoms. The predicted molar refractivity (Wildman–Crippen MR) is 56.3 cm³/mol. The third kappa shape index (κ3) is 8.10. The second-order valence-corrected chi connectivity index (χ2v) is 3.40. The molecule has 0 bridgehead atoms. The molecule has 0 aromatic carbocycles. The molecular formula is C10H17BrO. The molecule has 1 nitrogen and oxygen atoms in total. The summed E-state index contributed by atoms with van der Waals surface area (Å²) in [6.45, 7) is 2.16. The van der Waals surface area contributed by atoms with E-state index < -0.39 is 0 Å². The molecule has 0 aromatic heterocycles. The minimum absolute atomic E-state index is 0.219. The molecule has 0 aromatic rings. The van der Waals surface area contributed by atoms with Crippen LogP contribution in [0.5, 0.6) is 0 Å². The minimum atomic E-state index is -0.219. The molecule has 0 heterocycles. The van der Waals surface area contributed by atoms with Gasteiger partial charge in [-0.2, -0.15) is 0 Å². The maximum absolute atomic E-state index is 9.38. The zero-order valence-corrected chi connectivity index (χ0v) is 9.23. The zero-order valence-electron chi connectivity index (χ0n) is 7.65. The molecule has 1 unspecified atom stereocenters. The summed E-state index contributed by atoms with van der Waals surface area (Å²) in [4.78, 5) is 0. The molecule has 0 fully saturated rings. The van der Waals surface area contributed by atoms with Gasteiger partial charge in [-0.05, 0) is 6.42 Å². The summed E-state index contributed by atoms with van der Waals surface area (Å²) in [6, 6.07) is 0. The van der Waals surface area contributed by atoms with Crippen LogP contribution in [-0.2, 0) is 0 Å². The fourth-order valence-corrected chi connectivity index (χ4v) is 1.17. The summed E-state index contributed by atoms with van der Waals surface area (Å²) in [6.07, 6.45) is 4.83. The summed E-state index contributed by atoms with van der Waals surface area (Å²) >= 11 is 3.21. The Hall–Kier alpha value is 0. The molecule has 2 heteroatoms. The highest BCUT2D eigenvalue weighted by atomic mass is 79.9. The molecule has 12 heavy (non-hydrogen) atoms. The van der Waals surface area contributed by atoms with Gasteiger partial charge in [-0.25, -0.2) is 0 Å². The SMILES string of the molecule is CCCCCC(O)CC#CCBr. The van der Waals surface area contributed by atoms with Crippen molar-refractivity contribution in [3.63, 3.8) is 0 Å². The summed E-state index contributed by atoms with van der Waals surface area (Å²) in [5, 5.41) is 10.1. The van der Waals surface area contributed by atoms with Crippen molar-refractivity contribution in [2.75, 3.05) is 5.33 Å². The van der Waals surface area contributed by atoms with Crippen molar-refractivity contribution >= 4 is 15.9 Å². The van der Waals surface area contributed by atoms with E-state index in [1.807, 2.05) is 0 Å². The molecule has 1 N–H and O–H groups in total. The minimum Gasteiger partial charge on any atom is -0.392 e. The zero-order chi connectivity index (χ0) is 9.23. The van der Waals surface area contributed by atoms with Gasteiger partial charge < -0.3 is 5.11 Å². The van der Waals surface area contributed by atoms with Crippen LogP contribution in [0.15, 0.2) is 0 Å². The monoisotopic (exact) mass is 232 g/mol. The Morgan fingerprint density at radius 3 is 2.67 bits per heavy atom. The topological polar surface area (TPSA) is 20.2 Å². The Morgan fingerprint density at radius 2 is 2.08 bits per heavy atom. The Morgan fingerprint density at radius 1 is 1.33 bits per heavy atom. The van der Waals surface area contributed by atoms with E-state index >= 15 is 0 Å². The third-order valence-corrected chi connectivity index (χ3v) is 1.95. The first-order chi connectivity index (χ1) is 5.81. The van der Waals surface area contributed by atoms with E-state index in [2.05, 4.69) is 34.7 Å². The number of aliphatic hydroxyl groups is 1. The second kappa shape index (κ2) is 9.09. The number of hydrogen-bond donors (Lipinski definition) is 1. The van der Waals surface area contributed by atoms with Crippen LogP contribution in [0, 0.1) is 11.8 Å². The molecule has 0 saturated heterocycles. The summed E-state index contributed by atoms with van der Waals surface area (Å²) in [7, 11) is 0. The van der Waals surface area contributed by atoms with Crippen molar-refractivity contribution in [2.45, 2.75) is 45.1 Å². The van der Waals surface area contributed by atoms with Crippen LogP contribution in [-0.4, -0.2) is 16.5 Å². The van der Waals surface area contributed by atoms with Crippen LogP contribution >= 0.6 is 15.9 Å². The Bertz CT molecular complexity index is 146. The highest BCUT2D eigenvalue weighted by Gasteiger charge is 1.99. The lowest BCUT2D eigenvalue weighted by atomic mass is 10.1. The van der Waals surface area contributed by atoms with E-state index in [9.17, 15) is 5.11 Å². The molecule has 0 aliphatic rings. The lowest BCUT2D eigenvalue weighted by molar-refractivity contribution is 0.166. The number of alkyl halides is 1. The average Bonchev–Trinajstić information content (AvgIpc) is 2.06. The molecule has 0 aliphatic heterocycles. The summed E-state index contributed by atoms with van der Waals surface area (Å²) in [5.74, 6) is 5.79. The van der Waals surface area contributed by atoms with Crippen LogP contribution in [0.25, 0.3) is 0 Å². The van der Waals surface area contributed by atoms with Gasteiger partial charge in [0.15, 0.2) is 0 Å². The van der Waals surface area contributed by atoms with Crippen molar-refractivity contribution in [2.24, 2.45) is 0 Å². The Balaban J connectivity index is 3.27. The molecule has 0 aliphatic carbocycles. The summed E-state index contributed by atoms with van der Waals surface area (Å²) in [5.41, 5.74) is 0. The van der Waals surface area contributed by atoms with Crippen molar-refractivity contribution < 1.29 is 5.11 Å². The first-order valence-electron chi connectivity index (χ1n) is 4.51. The van der Waals surface area contributed by atoms with Gasteiger partial charge >= 0.3 is 0 Å². The van der Waals surface area contributed by atoms with Gasteiger partial charge in [0, 0.05) is 6.42 Å². The van der Waals surface area contributed by atoms with E-state index in [4.69, 9.17) is 0 Å². The van der Waals surface area contributed by atoms with E-state index in [1.165, 1.54) is 12.8 Å². The van der Waals surface area contributed by atoms with Crippen LogP contribution in [0.3, 0.4) is 0 Å².